The first-order chi connectivity index (χ1) is 9.78. The Bertz CT molecular complexity index is 581. The molecular weight excluding hydrogens is 383 g/mol. The van der Waals surface area contributed by atoms with Crippen LogP contribution in [0.25, 0.3) is 0 Å². The fourth-order valence-electron chi connectivity index (χ4n) is 1.46. The molecule has 0 aromatic heterocycles. The summed E-state index contributed by atoms with van der Waals surface area (Å²) in [5.41, 5.74) is -0.590. The van der Waals surface area contributed by atoms with Crippen LogP contribution in [0.4, 0.5) is 0 Å². The molecule has 112 valence electrons. The van der Waals surface area contributed by atoms with Gasteiger partial charge in [0.15, 0.2) is 6.61 Å². The first kappa shape index (κ1) is 17.4. The molecule has 5 nitrogen and oxygen atoms in total. The van der Waals surface area contributed by atoms with Gasteiger partial charge in [0.25, 0.3) is 5.91 Å². The Labute approximate surface area is 137 Å². The van der Waals surface area contributed by atoms with E-state index in [9.17, 15) is 9.59 Å². The first-order valence-electron chi connectivity index (χ1n) is 6.43. The highest BCUT2D eigenvalue weighted by molar-refractivity contribution is 14.1. The highest BCUT2D eigenvalue weighted by atomic mass is 127. The quantitative estimate of drug-likeness (QED) is 0.609. The van der Waals surface area contributed by atoms with Crippen molar-refractivity contribution >= 4 is 34.5 Å². The Hall–Kier alpha value is -1.62. The molecule has 0 aliphatic rings. The van der Waals surface area contributed by atoms with Gasteiger partial charge in [-0.3, -0.25) is 4.79 Å². The predicted octanol–water partition coefficient (Wildman–Crippen LogP) is 2.50. The van der Waals surface area contributed by atoms with E-state index < -0.39 is 24.0 Å². The van der Waals surface area contributed by atoms with Crippen molar-refractivity contribution in [3.63, 3.8) is 0 Å². The molecular formula is C15H17IN2O3. The van der Waals surface area contributed by atoms with Crippen LogP contribution in [0.1, 0.15) is 31.1 Å². The number of carbonyl (C=O) groups is 2. The Kier molecular flexibility index (Phi) is 6.15. The third-order valence-corrected chi connectivity index (χ3v) is 3.85. The molecule has 0 aliphatic carbocycles. The molecule has 0 radical (unpaired) electrons. The van der Waals surface area contributed by atoms with Crippen LogP contribution in [-0.2, 0) is 9.53 Å². The van der Waals surface area contributed by atoms with E-state index in [4.69, 9.17) is 10.00 Å². The molecule has 6 heteroatoms. The van der Waals surface area contributed by atoms with Crippen molar-refractivity contribution in [2.24, 2.45) is 5.92 Å². The van der Waals surface area contributed by atoms with E-state index in [0.717, 1.165) is 3.57 Å². The largest absolute Gasteiger partial charge is 0.452 e. The number of rotatable bonds is 5. The minimum Gasteiger partial charge on any atom is -0.452 e. The SMILES string of the molecule is CC(C)C(C)(C#N)NC(=O)COC(=O)c1cccc(I)c1. The van der Waals surface area contributed by atoms with Gasteiger partial charge in [0.05, 0.1) is 11.6 Å². The van der Waals surface area contributed by atoms with Crippen LogP contribution in [0, 0.1) is 20.8 Å². The molecule has 21 heavy (non-hydrogen) atoms. The molecule has 1 aromatic rings. The lowest BCUT2D eigenvalue weighted by Crippen LogP contribution is -2.50. The monoisotopic (exact) mass is 400 g/mol. The fourth-order valence-corrected chi connectivity index (χ4v) is 2.00. The maximum atomic E-state index is 11.8. The van der Waals surface area contributed by atoms with Gasteiger partial charge in [0.1, 0.15) is 5.54 Å². The van der Waals surface area contributed by atoms with Crippen LogP contribution in [0.5, 0.6) is 0 Å². The number of ether oxygens (including phenoxy) is 1. The molecule has 1 amide bonds. The van der Waals surface area contributed by atoms with Crippen molar-refractivity contribution in [3.05, 3.63) is 33.4 Å². The van der Waals surface area contributed by atoms with Crippen LogP contribution in [0.15, 0.2) is 24.3 Å². The summed E-state index contributed by atoms with van der Waals surface area (Å²) in [6, 6.07) is 8.95. The molecule has 1 rings (SSSR count). The summed E-state index contributed by atoms with van der Waals surface area (Å²) in [7, 11) is 0. The average molecular weight is 400 g/mol. The number of esters is 1. The molecule has 0 spiro atoms. The Morgan fingerprint density at radius 1 is 1.48 bits per heavy atom. The normalized spacial score (nSPS) is 13.1. The van der Waals surface area contributed by atoms with Crippen molar-refractivity contribution in [3.8, 4) is 6.07 Å². The zero-order chi connectivity index (χ0) is 16.0. The minimum atomic E-state index is -0.981. The molecule has 0 saturated heterocycles. The minimum absolute atomic E-state index is 0.0575. The number of nitriles is 1. The Morgan fingerprint density at radius 3 is 2.67 bits per heavy atom. The van der Waals surface area contributed by atoms with E-state index in [1.54, 1.807) is 25.1 Å². The maximum Gasteiger partial charge on any atom is 0.338 e. The Balaban J connectivity index is 2.58. The highest BCUT2D eigenvalue weighted by Gasteiger charge is 2.30. The lowest BCUT2D eigenvalue weighted by atomic mass is 9.90. The fraction of sp³-hybridized carbons (Fsp3) is 0.400. The summed E-state index contributed by atoms with van der Waals surface area (Å²) in [6.45, 7) is 4.90. The zero-order valence-corrected chi connectivity index (χ0v) is 14.3. The van der Waals surface area contributed by atoms with Gasteiger partial charge in [-0.25, -0.2) is 4.79 Å². The van der Waals surface area contributed by atoms with Crippen LogP contribution >= 0.6 is 22.6 Å². The average Bonchev–Trinajstić information content (AvgIpc) is 2.44. The number of hydrogen-bond donors (Lipinski definition) is 1. The first-order valence-corrected chi connectivity index (χ1v) is 7.51. The van der Waals surface area contributed by atoms with Crippen LogP contribution < -0.4 is 5.32 Å². The third kappa shape index (κ3) is 5.01. The lowest BCUT2D eigenvalue weighted by Gasteiger charge is -2.27. The summed E-state index contributed by atoms with van der Waals surface area (Å²) in [5, 5.41) is 11.7. The zero-order valence-electron chi connectivity index (χ0n) is 12.1. The second-order valence-electron chi connectivity index (χ2n) is 5.10. The van der Waals surface area contributed by atoms with Gasteiger partial charge < -0.3 is 10.1 Å². The van der Waals surface area contributed by atoms with E-state index in [1.807, 2.05) is 19.9 Å². The molecule has 1 unspecified atom stereocenters. The molecule has 0 heterocycles. The highest BCUT2D eigenvalue weighted by Crippen LogP contribution is 2.15. The van der Waals surface area contributed by atoms with Crippen LogP contribution in [0.2, 0.25) is 0 Å². The van der Waals surface area contributed by atoms with E-state index in [0.29, 0.717) is 5.56 Å². The van der Waals surface area contributed by atoms with E-state index in [-0.39, 0.29) is 5.92 Å². The van der Waals surface area contributed by atoms with Gasteiger partial charge in [0, 0.05) is 3.57 Å². The van der Waals surface area contributed by atoms with E-state index in [1.165, 1.54) is 0 Å². The predicted molar refractivity (Wildman–Crippen MR) is 86.4 cm³/mol. The number of halogens is 1. The van der Waals surface area contributed by atoms with Gasteiger partial charge in [0.2, 0.25) is 0 Å². The van der Waals surface area contributed by atoms with Crippen molar-refractivity contribution < 1.29 is 14.3 Å². The number of carbonyl (C=O) groups excluding carboxylic acids is 2. The second-order valence-corrected chi connectivity index (χ2v) is 6.35. The number of nitrogens with one attached hydrogen (secondary N) is 1. The smallest absolute Gasteiger partial charge is 0.338 e. The van der Waals surface area contributed by atoms with Crippen molar-refractivity contribution in [2.75, 3.05) is 6.61 Å². The Morgan fingerprint density at radius 2 is 2.14 bits per heavy atom. The third-order valence-electron chi connectivity index (χ3n) is 3.18. The molecule has 0 aliphatic heterocycles. The summed E-state index contributed by atoms with van der Waals surface area (Å²) in [6.07, 6.45) is 0. The van der Waals surface area contributed by atoms with Crippen LogP contribution in [-0.4, -0.2) is 24.0 Å². The number of amides is 1. The summed E-state index contributed by atoms with van der Waals surface area (Å²) < 4.78 is 5.86. The van der Waals surface area contributed by atoms with Gasteiger partial charge in [-0.1, -0.05) is 19.9 Å². The van der Waals surface area contributed by atoms with Crippen molar-refractivity contribution in [1.82, 2.24) is 5.32 Å². The van der Waals surface area contributed by atoms with Gasteiger partial charge in [-0.15, -0.1) is 0 Å². The van der Waals surface area contributed by atoms with Crippen LogP contribution in [0.3, 0.4) is 0 Å². The molecule has 1 N–H and O–H groups in total. The van der Waals surface area contributed by atoms with Gasteiger partial charge in [-0.2, -0.15) is 5.26 Å². The standard InChI is InChI=1S/C15H17IN2O3/c1-10(2)15(3,9-17)18-13(19)8-21-14(20)11-5-4-6-12(16)7-11/h4-7,10H,8H2,1-3H3,(H,18,19). The van der Waals surface area contributed by atoms with E-state index in [2.05, 4.69) is 34.0 Å². The van der Waals surface area contributed by atoms with Gasteiger partial charge >= 0.3 is 5.97 Å². The summed E-state index contributed by atoms with van der Waals surface area (Å²) in [5.74, 6) is -1.11. The summed E-state index contributed by atoms with van der Waals surface area (Å²) >= 11 is 2.09. The number of benzene rings is 1. The number of hydrogen-bond acceptors (Lipinski definition) is 4. The maximum absolute atomic E-state index is 11.8. The molecule has 0 fully saturated rings. The summed E-state index contributed by atoms with van der Waals surface area (Å²) in [4.78, 5) is 23.6. The molecule has 1 aromatic carbocycles. The number of nitrogens with zero attached hydrogens (tertiary/aromatic N) is 1. The van der Waals surface area contributed by atoms with Gasteiger partial charge in [-0.05, 0) is 53.6 Å². The molecule has 1 atom stereocenters. The topological polar surface area (TPSA) is 79.2 Å². The molecule has 0 bridgehead atoms. The van der Waals surface area contributed by atoms with E-state index >= 15 is 0 Å². The second kappa shape index (κ2) is 7.41. The van der Waals surface area contributed by atoms with Crippen molar-refractivity contribution in [2.45, 2.75) is 26.3 Å². The molecule has 0 saturated carbocycles. The lowest BCUT2D eigenvalue weighted by molar-refractivity contribution is -0.125. The van der Waals surface area contributed by atoms with Crippen molar-refractivity contribution in [1.29, 1.82) is 5.26 Å².